The second-order valence-corrected chi connectivity index (χ2v) is 12.3. The molecule has 7 nitrogen and oxygen atoms in total. The number of aromatic nitrogens is 2. The van der Waals surface area contributed by atoms with Gasteiger partial charge < -0.3 is 15.0 Å². The minimum Gasteiger partial charge on any atom is -0.593 e. The number of nitrogens with zero attached hydrogens (tertiary/aromatic N) is 2. The number of rotatable bonds is 9. The molecule has 0 spiro atoms. The topological polar surface area (TPSA) is 116 Å². The number of hydrogen-bond donors (Lipinski definition) is 3. The quantitative estimate of drug-likeness (QED) is 0.203. The number of hydrogen-bond acceptors (Lipinski definition) is 6. The first-order valence-electron chi connectivity index (χ1n) is 13.1. The van der Waals surface area contributed by atoms with Crippen molar-refractivity contribution in [2.75, 3.05) is 0 Å². The van der Waals surface area contributed by atoms with Gasteiger partial charge >= 0.3 is 5.97 Å². The molecule has 0 amide bonds. The Hall–Kier alpha value is -3.71. The molecule has 2 unspecified atom stereocenters. The van der Waals surface area contributed by atoms with Crippen molar-refractivity contribution in [3.05, 3.63) is 106 Å². The molecule has 0 saturated heterocycles. The van der Waals surface area contributed by atoms with Gasteiger partial charge in [0.05, 0.1) is 17.1 Å². The summed E-state index contributed by atoms with van der Waals surface area (Å²) < 4.78 is 57.8. The zero-order valence-corrected chi connectivity index (χ0v) is 23.7. The molecule has 1 aromatic heterocycles. The molecule has 1 aliphatic carbocycles. The lowest BCUT2D eigenvalue weighted by Crippen LogP contribution is -2.25. The Bertz CT molecular complexity index is 1720. The Morgan fingerprint density at radius 1 is 1.10 bits per heavy atom. The highest BCUT2D eigenvalue weighted by molar-refractivity contribution is 8.02. The van der Waals surface area contributed by atoms with Crippen LogP contribution in [0.3, 0.4) is 0 Å². The molecule has 3 aromatic carbocycles. The van der Waals surface area contributed by atoms with E-state index in [-0.39, 0.29) is 22.6 Å². The first-order valence-corrected chi connectivity index (χ1v) is 15.3. The summed E-state index contributed by atoms with van der Waals surface area (Å²) in [5.74, 6) is -2.32. The molecule has 4 aromatic rings. The van der Waals surface area contributed by atoms with Crippen molar-refractivity contribution in [1.29, 1.82) is 0 Å². The van der Waals surface area contributed by atoms with Gasteiger partial charge in [0.25, 0.3) is 0 Å². The summed E-state index contributed by atoms with van der Waals surface area (Å²) >= 11 is -0.593. The van der Waals surface area contributed by atoms with Crippen molar-refractivity contribution < 1.29 is 27.6 Å². The van der Waals surface area contributed by atoms with Crippen LogP contribution in [-0.2, 0) is 29.0 Å². The number of aliphatic carboxylic acids is 1. The molecule has 2 heterocycles. The number of thioether (sulfide) groups is 1. The van der Waals surface area contributed by atoms with Gasteiger partial charge in [-0.15, -0.1) is 5.14 Å². The standard InChI is InChI=1S/C30H25F3N4O3S2/c31-20-3-1-2-17(11-20)22-13-19(7-9-24(22)32)28-23(12-18-6-8-21(42(34)40)14-25(18)33)27(10-16-4-5-16)37(36-28)30-35-26(15-41-30)29(38)39/h1-3,6-9,11,13-16,30,35H,4-5,10,12,34H2,(H,38,39). The Morgan fingerprint density at radius 2 is 1.90 bits per heavy atom. The highest BCUT2D eigenvalue weighted by Gasteiger charge is 2.33. The van der Waals surface area contributed by atoms with E-state index < -0.39 is 40.3 Å². The Morgan fingerprint density at radius 3 is 2.57 bits per heavy atom. The highest BCUT2D eigenvalue weighted by Crippen LogP contribution is 2.41. The van der Waals surface area contributed by atoms with E-state index in [9.17, 15) is 18.8 Å². The van der Waals surface area contributed by atoms with E-state index in [1.165, 1.54) is 53.6 Å². The third kappa shape index (κ3) is 5.80. The van der Waals surface area contributed by atoms with Crippen LogP contribution >= 0.6 is 11.8 Å². The lowest BCUT2D eigenvalue weighted by atomic mass is 9.94. The van der Waals surface area contributed by atoms with Crippen LogP contribution in [-0.4, -0.2) is 25.4 Å². The molecule has 1 aliphatic heterocycles. The Balaban J connectivity index is 1.50. The highest BCUT2D eigenvalue weighted by atomic mass is 32.2. The van der Waals surface area contributed by atoms with Crippen LogP contribution in [0.1, 0.15) is 35.2 Å². The van der Waals surface area contributed by atoms with Crippen molar-refractivity contribution in [3.63, 3.8) is 0 Å². The Kier molecular flexibility index (Phi) is 7.79. The van der Waals surface area contributed by atoms with E-state index in [1.807, 2.05) is 0 Å². The maximum atomic E-state index is 15.3. The molecule has 2 atom stereocenters. The number of carboxylic acid groups (broad SMARTS) is 1. The van der Waals surface area contributed by atoms with Crippen molar-refractivity contribution in [1.82, 2.24) is 15.1 Å². The maximum absolute atomic E-state index is 15.3. The zero-order valence-electron chi connectivity index (χ0n) is 22.0. The first-order chi connectivity index (χ1) is 20.2. The van der Waals surface area contributed by atoms with E-state index >= 15 is 8.78 Å². The third-order valence-electron chi connectivity index (χ3n) is 7.34. The van der Waals surface area contributed by atoms with Crippen molar-refractivity contribution in [2.24, 2.45) is 11.1 Å². The number of carbonyl (C=O) groups is 1. The molecule has 0 bridgehead atoms. The molecule has 12 heteroatoms. The van der Waals surface area contributed by atoms with E-state index in [4.69, 9.17) is 10.2 Å². The molecule has 1 fully saturated rings. The lowest BCUT2D eigenvalue weighted by molar-refractivity contribution is -0.133. The maximum Gasteiger partial charge on any atom is 0.352 e. The number of benzene rings is 3. The average Bonchev–Trinajstić information content (AvgIpc) is 3.51. The SMILES string of the molecule is N[S+]([O-])c1ccc(Cc2c(-c3ccc(F)c(-c4cccc(F)c4)c3)nn(C3NC(C(=O)O)=CS3)c2CC2CC2)c(F)c1. The van der Waals surface area contributed by atoms with Gasteiger partial charge in [0, 0.05) is 40.3 Å². The van der Waals surface area contributed by atoms with E-state index in [1.54, 1.807) is 22.9 Å². The summed E-state index contributed by atoms with van der Waals surface area (Å²) in [5.41, 5.74) is 2.85. The summed E-state index contributed by atoms with van der Waals surface area (Å²) in [5, 5.41) is 24.4. The fourth-order valence-electron chi connectivity index (χ4n) is 5.03. The molecule has 6 rings (SSSR count). The van der Waals surface area contributed by atoms with Crippen molar-refractivity contribution >= 4 is 29.1 Å². The zero-order chi connectivity index (χ0) is 29.5. The summed E-state index contributed by atoms with van der Waals surface area (Å²) in [6, 6.07) is 14.3. The number of nitrogens with two attached hydrogens (primary N) is 1. The number of halogens is 3. The Labute approximate surface area is 246 Å². The monoisotopic (exact) mass is 610 g/mol. The molecular weight excluding hydrogens is 585 g/mol. The van der Waals surface area contributed by atoms with Gasteiger partial charge in [0.15, 0.2) is 10.4 Å². The molecule has 0 radical (unpaired) electrons. The summed E-state index contributed by atoms with van der Waals surface area (Å²) in [6.45, 7) is 0. The number of carboxylic acids is 1. The van der Waals surface area contributed by atoms with Crippen molar-refractivity contribution in [3.8, 4) is 22.4 Å². The largest absolute Gasteiger partial charge is 0.593 e. The van der Waals surface area contributed by atoms with Crippen LogP contribution in [0.4, 0.5) is 13.2 Å². The van der Waals surface area contributed by atoms with Gasteiger partial charge in [-0.2, -0.15) is 5.10 Å². The van der Waals surface area contributed by atoms with Crippen LogP contribution in [0.2, 0.25) is 0 Å². The van der Waals surface area contributed by atoms with Crippen molar-refractivity contribution in [2.45, 2.75) is 36.1 Å². The second kappa shape index (κ2) is 11.5. The van der Waals surface area contributed by atoms with Gasteiger partial charge in [0.2, 0.25) is 0 Å². The molecule has 216 valence electrons. The number of nitrogens with one attached hydrogen (secondary N) is 1. The molecule has 4 N–H and O–H groups in total. The summed E-state index contributed by atoms with van der Waals surface area (Å²) in [6.07, 6.45) is 2.79. The van der Waals surface area contributed by atoms with Gasteiger partial charge in [-0.25, -0.2) is 22.6 Å². The minimum absolute atomic E-state index is 0.0348. The first kappa shape index (κ1) is 28.4. The fourth-order valence-corrected chi connectivity index (χ4v) is 6.37. The second-order valence-electron chi connectivity index (χ2n) is 10.3. The molecule has 1 saturated carbocycles. The van der Waals surface area contributed by atoms with Crippen LogP contribution in [0.25, 0.3) is 22.4 Å². The fraction of sp³-hybridized carbons (Fsp3) is 0.200. The van der Waals surface area contributed by atoms with E-state index in [2.05, 4.69) is 5.32 Å². The normalized spacial score (nSPS) is 17.2. The van der Waals surface area contributed by atoms with E-state index in [0.717, 1.165) is 24.6 Å². The molecule has 2 aliphatic rings. The van der Waals surface area contributed by atoms with Crippen LogP contribution in [0.5, 0.6) is 0 Å². The molecular formula is C30H25F3N4O3S2. The van der Waals surface area contributed by atoms with Gasteiger partial charge in [-0.3, -0.25) is 0 Å². The predicted octanol–water partition coefficient (Wildman–Crippen LogP) is 5.88. The summed E-state index contributed by atoms with van der Waals surface area (Å²) in [4.78, 5) is 11.8. The smallest absolute Gasteiger partial charge is 0.352 e. The van der Waals surface area contributed by atoms with Gasteiger partial charge in [-0.05, 0) is 72.7 Å². The third-order valence-corrected chi connectivity index (χ3v) is 9.01. The van der Waals surface area contributed by atoms with Crippen LogP contribution < -0.4 is 10.5 Å². The van der Waals surface area contributed by atoms with Gasteiger partial charge in [-0.1, -0.05) is 30.0 Å². The predicted molar refractivity (Wildman–Crippen MR) is 155 cm³/mol. The lowest BCUT2D eigenvalue weighted by Gasteiger charge is -2.16. The minimum atomic E-state index is -1.85. The van der Waals surface area contributed by atoms with Crippen LogP contribution in [0.15, 0.2) is 76.7 Å². The van der Waals surface area contributed by atoms with E-state index in [0.29, 0.717) is 40.3 Å². The molecule has 42 heavy (non-hydrogen) atoms. The summed E-state index contributed by atoms with van der Waals surface area (Å²) in [7, 11) is 0. The van der Waals surface area contributed by atoms with Crippen LogP contribution in [0, 0.1) is 23.4 Å². The average molecular weight is 611 g/mol. The van der Waals surface area contributed by atoms with Gasteiger partial charge in [0.1, 0.15) is 23.1 Å².